The Kier molecular flexibility index (Phi) is 4.24. The molecule has 0 radical (unpaired) electrons. The summed E-state index contributed by atoms with van der Waals surface area (Å²) in [6.07, 6.45) is 0. The zero-order valence-electron chi connectivity index (χ0n) is 5.71. The molecule has 0 saturated heterocycles. The van der Waals surface area contributed by atoms with E-state index in [1.165, 1.54) is 12.1 Å². The first kappa shape index (κ1) is 8.91. The average Bonchev–Trinajstić information content (AvgIpc) is 2.00. The molecule has 3 heteroatoms. The second kappa shape index (κ2) is 4.76. The fourth-order valence-corrected chi connectivity index (χ4v) is 0.475. The Morgan fingerprint density at radius 1 is 1.30 bits per heavy atom. The topological polar surface area (TPSA) is 46.2 Å². The molecule has 0 heterocycles. The lowest BCUT2D eigenvalue weighted by molar-refractivity contribution is 0.399. The van der Waals surface area contributed by atoms with Crippen LogP contribution in [0.15, 0.2) is 24.3 Å². The van der Waals surface area contributed by atoms with Crippen molar-refractivity contribution in [3.05, 3.63) is 30.1 Å². The molecular formula is C7H10FNO. The van der Waals surface area contributed by atoms with Crippen LogP contribution >= 0.6 is 0 Å². The average molecular weight is 143 g/mol. The number of anilines is 1. The third-order valence-electron chi connectivity index (χ3n) is 0.905. The van der Waals surface area contributed by atoms with Gasteiger partial charge in [0.1, 0.15) is 5.82 Å². The van der Waals surface area contributed by atoms with E-state index in [1.54, 1.807) is 12.1 Å². The molecule has 0 aliphatic rings. The van der Waals surface area contributed by atoms with Crippen LogP contribution in [0.5, 0.6) is 0 Å². The Bertz CT molecular complexity index is 170. The zero-order valence-corrected chi connectivity index (χ0v) is 5.71. The number of aliphatic hydroxyl groups excluding tert-OH is 1. The predicted octanol–water partition coefficient (Wildman–Crippen LogP) is 1.02. The van der Waals surface area contributed by atoms with Crippen molar-refractivity contribution in [3.63, 3.8) is 0 Å². The van der Waals surface area contributed by atoms with E-state index < -0.39 is 0 Å². The van der Waals surface area contributed by atoms with Crippen molar-refractivity contribution in [3.8, 4) is 0 Å². The fraction of sp³-hybridized carbons (Fsp3) is 0.143. The van der Waals surface area contributed by atoms with Crippen LogP contribution in [0, 0.1) is 5.82 Å². The summed E-state index contributed by atoms with van der Waals surface area (Å²) in [5.74, 6) is -0.354. The van der Waals surface area contributed by atoms with Crippen LogP contribution in [0.4, 0.5) is 10.1 Å². The Morgan fingerprint density at radius 3 is 2.10 bits per heavy atom. The quantitative estimate of drug-likeness (QED) is 0.532. The van der Waals surface area contributed by atoms with E-state index in [1.807, 2.05) is 0 Å². The van der Waals surface area contributed by atoms with E-state index in [2.05, 4.69) is 0 Å². The molecular weight excluding hydrogens is 133 g/mol. The number of rotatable bonds is 0. The maximum Gasteiger partial charge on any atom is 0.146 e. The molecule has 0 saturated carbocycles. The molecule has 1 aromatic rings. The van der Waals surface area contributed by atoms with Crippen molar-refractivity contribution in [1.29, 1.82) is 0 Å². The van der Waals surface area contributed by atoms with Crippen LogP contribution < -0.4 is 5.73 Å². The van der Waals surface area contributed by atoms with E-state index in [0.717, 1.165) is 7.11 Å². The lowest BCUT2D eigenvalue weighted by Gasteiger charge is -1.89. The second-order valence-electron chi connectivity index (χ2n) is 1.52. The number of hydrogen-bond donors (Lipinski definition) is 2. The molecule has 0 fully saturated rings. The molecule has 0 aliphatic heterocycles. The molecule has 10 heavy (non-hydrogen) atoms. The lowest BCUT2D eigenvalue weighted by atomic mass is 10.3. The fourth-order valence-electron chi connectivity index (χ4n) is 0.475. The van der Waals surface area contributed by atoms with E-state index >= 15 is 0 Å². The van der Waals surface area contributed by atoms with Crippen LogP contribution in [0.2, 0.25) is 0 Å². The van der Waals surface area contributed by atoms with Crippen molar-refractivity contribution >= 4 is 5.69 Å². The van der Waals surface area contributed by atoms with Gasteiger partial charge in [0, 0.05) is 7.11 Å². The Labute approximate surface area is 59.1 Å². The molecule has 0 spiro atoms. The van der Waals surface area contributed by atoms with Gasteiger partial charge in [0.25, 0.3) is 0 Å². The predicted molar refractivity (Wildman–Crippen MR) is 39.0 cm³/mol. The smallest absolute Gasteiger partial charge is 0.146 e. The number of aliphatic hydroxyl groups is 1. The first-order valence-electron chi connectivity index (χ1n) is 2.75. The summed E-state index contributed by atoms with van der Waals surface area (Å²) in [6, 6.07) is 6.15. The molecule has 0 aromatic heterocycles. The monoisotopic (exact) mass is 143 g/mol. The summed E-state index contributed by atoms with van der Waals surface area (Å²) in [5, 5.41) is 7.00. The molecule has 1 aromatic carbocycles. The molecule has 0 unspecified atom stereocenters. The molecule has 0 atom stereocenters. The van der Waals surface area contributed by atoms with Gasteiger partial charge < -0.3 is 10.8 Å². The Balaban J connectivity index is 0.000000371. The first-order valence-corrected chi connectivity index (χ1v) is 2.75. The largest absolute Gasteiger partial charge is 0.400 e. The zero-order chi connectivity index (χ0) is 7.98. The van der Waals surface area contributed by atoms with Gasteiger partial charge in [0.15, 0.2) is 0 Å². The SMILES string of the molecule is CO.Nc1ccccc1F. The lowest BCUT2D eigenvalue weighted by Crippen LogP contribution is -1.86. The van der Waals surface area contributed by atoms with Crippen LogP contribution in [0.1, 0.15) is 0 Å². The normalized spacial score (nSPS) is 7.90. The van der Waals surface area contributed by atoms with Crippen LogP contribution in [0.3, 0.4) is 0 Å². The summed E-state index contributed by atoms with van der Waals surface area (Å²) in [5.41, 5.74) is 5.35. The van der Waals surface area contributed by atoms with Gasteiger partial charge in [-0.05, 0) is 12.1 Å². The molecule has 0 amide bonds. The molecule has 3 N–H and O–H groups in total. The van der Waals surface area contributed by atoms with Gasteiger partial charge in [-0.25, -0.2) is 4.39 Å². The summed E-state index contributed by atoms with van der Waals surface area (Å²) in [4.78, 5) is 0. The van der Waals surface area contributed by atoms with Crippen LogP contribution in [-0.4, -0.2) is 12.2 Å². The molecule has 2 nitrogen and oxygen atoms in total. The number of halogens is 1. The minimum atomic E-state index is -0.354. The van der Waals surface area contributed by atoms with Crippen molar-refractivity contribution in [2.75, 3.05) is 12.8 Å². The molecule has 0 aliphatic carbocycles. The van der Waals surface area contributed by atoms with Gasteiger partial charge in [-0.3, -0.25) is 0 Å². The third kappa shape index (κ3) is 2.46. The maximum atomic E-state index is 12.2. The number of hydrogen-bond acceptors (Lipinski definition) is 2. The van der Waals surface area contributed by atoms with Crippen LogP contribution in [0.25, 0.3) is 0 Å². The molecule has 0 bridgehead atoms. The summed E-state index contributed by atoms with van der Waals surface area (Å²) >= 11 is 0. The van der Waals surface area contributed by atoms with E-state index in [4.69, 9.17) is 10.8 Å². The molecule has 56 valence electrons. The summed E-state index contributed by atoms with van der Waals surface area (Å²) in [7, 11) is 1.00. The highest BCUT2D eigenvalue weighted by Gasteiger charge is 1.89. The Morgan fingerprint density at radius 2 is 1.80 bits per heavy atom. The van der Waals surface area contributed by atoms with E-state index in [9.17, 15) is 4.39 Å². The first-order chi connectivity index (χ1) is 4.80. The highest BCUT2D eigenvalue weighted by atomic mass is 19.1. The van der Waals surface area contributed by atoms with Crippen molar-refractivity contribution < 1.29 is 9.50 Å². The summed E-state index contributed by atoms with van der Waals surface area (Å²) < 4.78 is 12.2. The van der Waals surface area contributed by atoms with Crippen molar-refractivity contribution in [2.45, 2.75) is 0 Å². The minimum absolute atomic E-state index is 0.201. The number of benzene rings is 1. The number of nitrogens with two attached hydrogens (primary N) is 1. The van der Waals surface area contributed by atoms with Gasteiger partial charge in [0.2, 0.25) is 0 Å². The second-order valence-corrected chi connectivity index (χ2v) is 1.52. The highest BCUT2D eigenvalue weighted by Crippen LogP contribution is 2.05. The van der Waals surface area contributed by atoms with Gasteiger partial charge in [0.05, 0.1) is 5.69 Å². The van der Waals surface area contributed by atoms with E-state index in [-0.39, 0.29) is 11.5 Å². The van der Waals surface area contributed by atoms with Gasteiger partial charge in [-0.15, -0.1) is 0 Å². The summed E-state index contributed by atoms with van der Waals surface area (Å²) in [6.45, 7) is 0. The van der Waals surface area contributed by atoms with Gasteiger partial charge in [-0.1, -0.05) is 12.1 Å². The standard InChI is InChI=1S/C6H6FN.CH4O/c7-5-3-1-2-4-6(5)8;1-2/h1-4H,8H2;2H,1H3. The van der Waals surface area contributed by atoms with Gasteiger partial charge >= 0.3 is 0 Å². The highest BCUT2D eigenvalue weighted by molar-refractivity contribution is 5.38. The van der Waals surface area contributed by atoms with Crippen molar-refractivity contribution in [2.24, 2.45) is 0 Å². The number of nitrogen functional groups attached to an aromatic ring is 1. The van der Waals surface area contributed by atoms with Crippen molar-refractivity contribution in [1.82, 2.24) is 0 Å². The molecule has 1 rings (SSSR count). The maximum absolute atomic E-state index is 12.2. The van der Waals surface area contributed by atoms with Crippen LogP contribution in [-0.2, 0) is 0 Å². The number of para-hydroxylation sites is 1. The van der Waals surface area contributed by atoms with Gasteiger partial charge in [-0.2, -0.15) is 0 Å². The van der Waals surface area contributed by atoms with E-state index in [0.29, 0.717) is 0 Å². The third-order valence-corrected chi connectivity index (χ3v) is 0.905. The Hall–Kier alpha value is -1.09. The minimum Gasteiger partial charge on any atom is -0.400 e.